The summed E-state index contributed by atoms with van der Waals surface area (Å²) < 4.78 is 40.1. The molecule has 1 aromatic heterocycles. The van der Waals surface area contributed by atoms with Crippen LogP contribution in [0.15, 0.2) is 60.7 Å². The number of nitrogens with zero attached hydrogens (tertiary/aromatic N) is 1. The van der Waals surface area contributed by atoms with Crippen molar-refractivity contribution in [3.63, 3.8) is 0 Å². The normalized spacial score (nSPS) is 11.3. The summed E-state index contributed by atoms with van der Waals surface area (Å²) in [6.45, 7) is 0.166. The molecule has 0 radical (unpaired) electrons. The number of nitrogens with one attached hydrogen (secondary N) is 1. The molecule has 1 heterocycles. The van der Waals surface area contributed by atoms with Crippen LogP contribution in [0.1, 0.15) is 16.1 Å². The van der Waals surface area contributed by atoms with Gasteiger partial charge in [-0.1, -0.05) is 36.4 Å². The number of pyridine rings is 1. The van der Waals surface area contributed by atoms with Crippen LogP contribution in [0, 0.1) is 0 Å². The minimum absolute atomic E-state index is 0.166. The van der Waals surface area contributed by atoms with Crippen molar-refractivity contribution >= 4 is 16.8 Å². The number of fused-ring (bicyclic) bond motifs is 1. The summed E-state index contributed by atoms with van der Waals surface area (Å²) in [4.78, 5) is 16.5. The molecule has 7 heteroatoms. The molecule has 0 aliphatic carbocycles. The number of benzene rings is 2. The molecule has 0 saturated carbocycles. The second-order valence-electron chi connectivity index (χ2n) is 5.26. The Balaban J connectivity index is 1.63. The Hall–Kier alpha value is -3.09. The maximum Gasteiger partial charge on any atom is 0.573 e. The third-order valence-electron chi connectivity index (χ3n) is 3.44. The van der Waals surface area contributed by atoms with Crippen LogP contribution in [0.3, 0.4) is 0 Å². The molecule has 3 aromatic rings. The molecule has 0 spiro atoms. The fraction of sp³-hybridized carbons (Fsp3) is 0.111. The number of aromatic nitrogens is 1. The molecular weight excluding hydrogens is 333 g/mol. The predicted molar refractivity (Wildman–Crippen MR) is 86.0 cm³/mol. The van der Waals surface area contributed by atoms with Crippen LogP contribution in [-0.4, -0.2) is 17.3 Å². The van der Waals surface area contributed by atoms with Crippen molar-refractivity contribution in [2.24, 2.45) is 0 Å². The number of ether oxygens (including phenoxy) is 1. The fourth-order valence-corrected chi connectivity index (χ4v) is 2.27. The lowest BCUT2D eigenvalue weighted by atomic mass is 10.2. The first-order valence-electron chi connectivity index (χ1n) is 7.39. The van der Waals surface area contributed by atoms with Gasteiger partial charge >= 0.3 is 6.36 Å². The van der Waals surface area contributed by atoms with Crippen molar-refractivity contribution in [2.75, 3.05) is 0 Å². The molecule has 0 bridgehead atoms. The van der Waals surface area contributed by atoms with Crippen molar-refractivity contribution < 1.29 is 22.7 Å². The van der Waals surface area contributed by atoms with Crippen molar-refractivity contribution in [3.05, 3.63) is 71.9 Å². The molecule has 0 aliphatic rings. The molecule has 1 N–H and O–H groups in total. The van der Waals surface area contributed by atoms with Crippen LogP contribution in [0.25, 0.3) is 10.9 Å². The summed E-state index contributed by atoms with van der Waals surface area (Å²) in [7, 11) is 0. The summed E-state index contributed by atoms with van der Waals surface area (Å²) in [6, 6.07) is 16.2. The first-order valence-corrected chi connectivity index (χ1v) is 7.39. The molecule has 0 aliphatic heterocycles. The predicted octanol–water partition coefficient (Wildman–Crippen LogP) is 4.06. The number of alkyl halides is 3. The first kappa shape index (κ1) is 16.8. The van der Waals surface area contributed by atoms with Gasteiger partial charge in [0.25, 0.3) is 5.91 Å². The number of amides is 1. The van der Waals surface area contributed by atoms with E-state index in [1.807, 2.05) is 24.3 Å². The van der Waals surface area contributed by atoms with Gasteiger partial charge in [0.2, 0.25) is 0 Å². The number of para-hydroxylation sites is 1. The smallest absolute Gasteiger partial charge is 0.406 e. The van der Waals surface area contributed by atoms with E-state index in [0.717, 1.165) is 5.39 Å². The Bertz CT molecular complexity index is 893. The summed E-state index contributed by atoms with van der Waals surface area (Å²) in [5, 5.41) is 3.61. The van der Waals surface area contributed by atoms with E-state index in [1.54, 1.807) is 12.1 Å². The number of halogens is 3. The Morgan fingerprint density at radius 1 is 1.00 bits per heavy atom. The zero-order valence-electron chi connectivity index (χ0n) is 12.9. The zero-order chi connectivity index (χ0) is 17.9. The third-order valence-corrected chi connectivity index (χ3v) is 3.44. The van der Waals surface area contributed by atoms with Crippen LogP contribution in [0.4, 0.5) is 13.2 Å². The molecule has 2 aromatic carbocycles. The van der Waals surface area contributed by atoms with Crippen LogP contribution in [0.5, 0.6) is 5.75 Å². The topological polar surface area (TPSA) is 51.2 Å². The lowest BCUT2D eigenvalue weighted by Crippen LogP contribution is -2.23. The molecule has 128 valence electrons. The average Bonchev–Trinajstić information content (AvgIpc) is 2.59. The van der Waals surface area contributed by atoms with Crippen molar-refractivity contribution in [1.29, 1.82) is 0 Å². The average molecular weight is 346 g/mol. The highest BCUT2D eigenvalue weighted by molar-refractivity contribution is 5.94. The summed E-state index contributed by atoms with van der Waals surface area (Å²) in [5.41, 5.74) is 1.63. The highest BCUT2D eigenvalue weighted by Crippen LogP contribution is 2.22. The van der Waals surface area contributed by atoms with Gasteiger partial charge in [-0.15, -0.1) is 13.2 Å². The molecule has 0 unspecified atom stereocenters. The zero-order valence-corrected chi connectivity index (χ0v) is 12.9. The number of rotatable bonds is 4. The molecule has 3 rings (SSSR count). The Morgan fingerprint density at radius 3 is 2.44 bits per heavy atom. The molecule has 25 heavy (non-hydrogen) atoms. The van der Waals surface area contributed by atoms with E-state index in [9.17, 15) is 18.0 Å². The molecule has 4 nitrogen and oxygen atoms in total. The van der Waals surface area contributed by atoms with E-state index in [1.165, 1.54) is 24.3 Å². The lowest BCUT2D eigenvalue weighted by molar-refractivity contribution is -0.274. The SMILES string of the molecule is O=C(NCc1ccc(OC(F)(F)F)cc1)c1ccc2ccccc2n1. The maximum atomic E-state index is 12.2. The van der Waals surface area contributed by atoms with Crippen LogP contribution in [0.2, 0.25) is 0 Å². The fourth-order valence-electron chi connectivity index (χ4n) is 2.27. The van der Waals surface area contributed by atoms with E-state index in [0.29, 0.717) is 11.1 Å². The number of hydrogen-bond acceptors (Lipinski definition) is 3. The van der Waals surface area contributed by atoms with E-state index >= 15 is 0 Å². The van der Waals surface area contributed by atoms with Crippen LogP contribution < -0.4 is 10.1 Å². The quantitative estimate of drug-likeness (QED) is 0.775. The Morgan fingerprint density at radius 2 is 1.72 bits per heavy atom. The van der Waals surface area contributed by atoms with E-state index in [-0.39, 0.29) is 23.9 Å². The van der Waals surface area contributed by atoms with Crippen LogP contribution >= 0.6 is 0 Å². The van der Waals surface area contributed by atoms with Gasteiger partial charge in [0, 0.05) is 11.9 Å². The minimum Gasteiger partial charge on any atom is -0.406 e. The summed E-state index contributed by atoms with van der Waals surface area (Å²) in [5.74, 6) is -0.667. The third kappa shape index (κ3) is 4.47. The largest absolute Gasteiger partial charge is 0.573 e. The monoisotopic (exact) mass is 346 g/mol. The van der Waals surface area contributed by atoms with Gasteiger partial charge < -0.3 is 10.1 Å². The van der Waals surface area contributed by atoms with Crippen molar-refractivity contribution in [2.45, 2.75) is 12.9 Å². The lowest BCUT2D eigenvalue weighted by Gasteiger charge is -2.10. The first-order chi connectivity index (χ1) is 11.9. The maximum absolute atomic E-state index is 12.2. The molecule has 0 atom stereocenters. The van der Waals surface area contributed by atoms with Crippen LogP contribution in [-0.2, 0) is 6.54 Å². The molecule has 1 amide bonds. The standard InChI is InChI=1S/C18H13F3N2O2/c19-18(20,21)25-14-8-5-12(6-9-14)11-22-17(24)16-10-7-13-3-1-2-4-15(13)23-16/h1-10H,11H2,(H,22,24). The van der Waals surface area contributed by atoms with Gasteiger partial charge in [-0.2, -0.15) is 0 Å². The second-order valence-corrected chi connectivity index (χ2v) is 5.26. The Labute approximate surface area is 141 Å². The summed E-state index contributed by atoms with van der Waals surface area (Å²) >= 11 is 0. The van der Waals surface area contributed by atoms with Gasteiger partial charge in [0.05, 0.1) is 5.52 Å². The minimum atomic E-state index is -4.72. The highest BCUT2D eigenvalue weighted by atomic mass is 19.4. The summed E-state index contributed by atoms with van der Waals surface area (Å²) in [6.07, 6.45) is -4.72. The highest BCUT2D eigenvalue weighted by Gasteiger charge is 2.30. The van der Waals surface area contributed by atoms with E-state index in [4.69, 9.17) is 0 Å². The molecule has 0 saturated heterocycles. The van der Waals surface area contributed by atoms with Crippen molar-refractivity contribution in [1.82, 2.24) is 10.3 Å². The van der Waals surface area contributed by atoms with Gasteiger partial charge in [0.15, 0.2) is 0 Å². The van der Waals surface area contributed by atoms with Gasteiger partial charge in [-0.25, -0.2) is 4.98 Å². The Kier molecular flexibility index (Phi) is 4.56. The number of hydrogen-bond donors (Lipinski definition) is 1. The van der Waals surface area contributed by atoms with Gasteiger partial charge in [-0.05, 0) is 29.8 Å². The van der Waals surface area contributed by atoms with Gasteiger partial charge in [-0.3, -0.25) is 4.79 Å². The molecule has 0 fully saturated rings. The molecular formula is C18H13F3N2O2. The second kappa shape index (κ2) is 6.80. The van der Waals surface area contributed by atoms with E-state index in [2.05, 4.69) is 15.0 Å². The van der Waals surface area contributed by atoms with E-state index < -0.39 is 6.36 Å². The van der Waals surface area contributed by atoms with Gasteiger partial charge in [0.1, 0.15) is 11.4 Å². The van der Waals surface area contributed by atoms with Crippen molar-refractivity contribution in [3.8, 4) is 5.75 Å². The number of carbonyl (C=O) groups excluding carboxylic acids is 1. The number of carbonyl (C=O) groups is 1.